The zero-order valence-corrected chi connectivity index (χ0v) is 11.9. The second-order valence-electron chi connectivity index (χ2n) is 4.40. The fourth-order valence-corrected chi connectivity index (χ4v) is 2.13. The minimum absolute atomic E-state index is 0.357. The van der Waals surface area contributed by atoms with Gasteiger partial charge in [-0.25, -0.2) is 4.98 Å². The predicted octanol–water partition coefficient (Wildman–Crippen LogP) is 3.13. The van der Waals surface area contributed by atoms with Crippen LogP contribution in [0.3, 0.4) is 0 Å². The lowest BCUT2D eigenvalue weighted by molar-refractivity contribution is -0.131. The highest BCUT2D eigenvalue weighted by atomic mass is 35.5. The molecule has 100 valence electrons. The van der Waals surface area contributed by atoms with Crippen LogP contribution in [-0.4, -0.2) is 15.5 Å². The minimum atomic E-state index is -0.357. The number of carbonyl (C=O) groups excluding carboxylic acids is 1. The largest absolute Gasteiger partial charge is 0.427 e. The molecule has 4 nitrogen and oxygen atoms in total. The minimum Gasteiger partial charge on any atom is -0.427 e. The molecule has 0 saturated carbocycles. The van der Waals surface area contributed by atoms with Gasteiger partial charge < -0.3 is 9.30 Å². The third kappa shape index (κ3) is 3.35. The van der Waals surface area contributed by atoms with Crippen LogP contribution < -0.4 is 4.74 Å². The van der Waals surface area contributed by atoms with Gasteiger partial charge >= 0.3 is 5.97 Å². The molecule has 0 bridgehead atoms. The normalized spacial score (nSPS) is 10.5. The van der Waals surface area contributed by atoms with Crippen LogP contribution in [0.5, 0.6) is 5.75 Å². The van der Waals surface area contributed by atoms with E-state index in [1.165, 1.54) is 6.92 Å². The van der Waals surface area contributed by atoms with Crippen molar-refractivity contribution in [2.75, 3.05) is 0 Å². The van der Waals surface area contributed by atoms with Gasteiger partial charge in [0.15, 0.2) is 0 Å². The van der Waals surface area contributed by atoms with Crippen LogP contribution in [0.15, 0.2) is 24.4 Å². The maximum atomic E-state index is 10.9. The number of carbonyl (C=O) groups is 1. The van der Waals surface area contributed by atoms with Crippen molar-refractivity contribution in [3.05, 3.63) is 46.5 Å². The maximum absolute atomic E-state index is 10.9. The molecule has 0 saturated heterocycles. The molecule has 0 N–H and O–H groups in total. The van der Waals surface area contributed by atoms with Crippen LogP contribution in [0, 0.1) is 13.8 Å². The number of imidazole rings is 1. The summed E-state index contributed by atoms with van der Waals surface area (Å²) in [5.41, 5.74) is 1.93. The summed E-state index contributed by atoms with van der Waals surface area (Å²) in [5, 5.41) is 0.574. The van der Waals surface area contributed by atoms with Crippen LogP contribution in [-0.2, 0) is 11.3 Å². The molecular weight excluding hydrogens is 264 g/mol. The third-order valence-corrected chi connectivity index (χ3v) is 3.08. The molecule has 0 fully saturated rings. The summed E-state index contributed by atoms with van der Waals surface area (Å²) in [5.74, 6) is 1.04. The number of aryl methyl sites for hydroxylation is 2. The lowest BCUT2D eigenvalue weighted by Crippen LogP contribution is -2.03. The van der Waals surface area contributed by atoms with Gasteiger partial charge in [0, 0.05) is 18.1 Å². The third-order valence-electron chi connectivity index (χ3n) is 2.72. The lowest BCUT2D eigenvalue weighted by atomic mass is 10.2. The van der Waals surface area contributed by atoms with Crippen molar-refractivity contribution >= 4 is 17.6 Å². The molecule has 1 aromatic heterocycles. The van der Waals surface area contributed by atoms with E-state index in [1.54, 1.807) is 12.1 Å². The Balaban J connectivity index is 2.22. The standard InChI is InChI=1S/C14H15ClN2O2/c1-9-7-17(10(2)16-9)8-12-4-5-13(6-14(12)15)19-11(3)18/h4-7H,8H2,1-3H3. The van der Waals surface area contributed by atoms with E-state index in [0.717, 1.165) is 17.1 Å². The first kappa shape index (κ1) is 13.6. The SMILES string of the molecule is CC(=O)Oc1ccc(Cn2cc(C)nc2C)c(Cl)c1. The topological polar surface area (TPSA) is 44.1 Å². The second-order valence-corrected chi connectivity index (χ2v) is 4.81. The smallest absolute Gasteiger partial charge is 0.308 e. The monoisotopic (exact) mass is 278 g/mol. The van der Waals surface area contributed by atoms with Crippen molar-refractivity contribution in [3.63, 3.8) is 0 Å². The Morgan fingerprint density at radius 2 is 2.16 bits per heavy atom. The van der Waals surface area contributed by atoms with Crippen molar-refractivity contribution in [1.29, 1.82) is 0 Å². The Morgan fingerprint density at radius 3 is 2.68 bits per heavy atom. The summed E-state index contributed by atoms with van der Waals surface area (Å²) in [7, 11) is 0. The Labute approximate surface area is 117 Å². The van der Waals surface area contributed by atoms with Crippen molar-refractivity contribution in [3.8, 4) is 5.75 Å². The Hall–Kier alpha value is -1.81. The Bertz CT molecular complexity index is 620. The zero-order chi connectivity index (χ0) is 14.0. The van der Waals surface area contributed by atoms with Gasteiger partial charge in [-0.1, -0.05) is 17.7 Å². The van der Waals surface area contributed by atoms with Crippen molar-refractivity contribution in [1.82, 2.24) is 9.55 Å². The molecule has 0 radical (unpaired) electrons. The summed E-state index contributed by atoms with van der Waals surface area (Å²) >= 11 is 6.20. The van der Waals surface area contributed by atoms with Crippen LogP contribution in [0.2, 0.25) is 5.02 Å². The van der Waals surface area contributed by atoms with E-state index in [0.29, 0.717) is 17.3 Å². The van der Waals surface area contributed by atoms with Crippen molar-refractivity contribution in [2.45, 2.75) is 27.3 Å². The summed E-state index contributed by atoms with van der Waals surface area (Å²) < 4.78 is 7.02. The van der Waals surface area contributed by atoms with Gasteiger partial charge in [-0.2, -0.15) is 0 Å². The van der Waals surface area contributed by atoms with Crippen molar-refractivity contribution in [2.24, 2.45) is 0 Å². The molecule has 0 amide bonds. The van der Waals surface area contributed by atoms with E-state index in [4.69, 9.17) is 16.3 Å². The number of halogens is 1. The average molecular weight is 279 g/mol. The summed E-state index contributed by atoms with van der Waals surface area (Å²) in [6, 6.07) is 5.24. The average Bonchev–Trinajstić information content (AvgIpc) is 2.60. The molecule has 2 aromatic rings. The first-order chi connectivity index (χ1) is 8.95. The molecule has 0 aliphatic heterocycles. The van der Waals surface area contributed by atoms with Crippen LogP contribution in [0.1, 0.15) is 24.0 Å². The second kappa shape index (κ2) is 5.45. The number of rotatable bonds is 3. The number of hydrogen-bond donors (Lipinski definition) is 0. The predicted molar refractivity (Wildman–Crippen MR) is 73.6 cm³/mol. The van der Waals surface area contributed by atoms with Gasteiger partial charge in [-0.05, 0) is 31.5 Å². The molecule has 1 aromatic carbocycles. The van der Waals surface area contributed by atoms with Crippen LogP contribution >= 0.6 is 11.6 Å². The van der Waals surface area contributed by atoms with Crippen molar-refractivity contribution < 1.29 is 9.53 Å². The van der Waals surface area contributed by atoms with Gasteiger partial charge in [0.1, 0.15) is 11.6 Å². The van der Waals surface area contributed by atoms with Gasteiger partial charge in [-0.3, -0.25) is 4.79 Å². The first-order valence-electron chi connectivity index (χ1n) is 5.93. The lowest BCUT2D eigenvalue weighted by Gasteiger charge is -2.09. The molecule has 0 unspecified atom stereocenters. The highest BCUT2D eigenvalue weighted by molar-refractivity contribution is 6.31. The molecule has 19 heavy (non-hydrogen) atoms. The number of aromatic nitrogens is 2. The molecule has 0 atom stereocenters. The quantitative estimate of drug-likeness (QED) is 0.640. The first-order valence-corrected chi connectivity index (χ1v) is 6.30. The van der Waals surface area contributed by atoms with E-state index in [1.807, 2.05) is 30.7 Å². The summed E-state index contributed by atoms with van der Waals surface area (Å²) in [6.45, 7) is 5.91. The molecule has 5 heteroatoms. The zero-order valence-electron chi connectivity index (χ0n) is 11.1. The number of hydrogen-bond acceptors (Lipinski definition) is 3. The molecule has 0 aliphatic carbocycles. The fourth-order valence-electron chi connectivity index (χ4n) is 1.90. The van der Waals surface area contributed by atoms with Gasteiger partial charge in [0.05, 0.1) is 12.2 Å². The molecule has 2 rings (SSSR count). The highest BCUT2D eigenvalue weighted by Gasteiger charge is 2.07. The van der Waals surface area contributed by atoms with Gasteiger partial charge in [0.25, 0.3) is 0 Å². The van der Waals surface area contributed by atoms with E-state index in [2.05, 4.69) is 4.98 Å². The molecule has 0 spiro atoms. The highest BCUT2D eigenvalue weighted by Crippen LogP contribution is 2.24. The molecular formula is C14H15ClN2O2. The Morgan fingerprint density at radius 1 is 1.42 bits per heavy atom. The fraction of sp³-hybridized carbons (Fsp3) is 0.286. The van der Waals surface area contributed by atoms with Gasteiger partial charge in [-0.15, -0.1) is 0 Å². The van der Waals surface area contributed by atoms with Gasteiger partial charge in [0.2, 0.25) is 0 Å². The molecule has 0 aliphatic rings. The van der Waals surface area contributed by atoms with E-state index in [-0.39, 0.29) is 5.97 Å². The maximum Gasteiger partial charge on any atom is 0.308 e. The summed E-state index contributed by atoms with van der Waals surface area (Å²) in [4.78, 5) is 15.2. The Kier molecular flexibility index (Phi) is 3.90. The van der Waals surface area contributed by atoms with E-state index < -0.39 is 0 Å². The van der Waals surface area contributed by atoms with E-state index in [9.17, 15) is 4.79 Å². The number of esters is 1. The van der Waals surface area contributed by atoms with Crippen LogP contribution in [0.4, 0.5) is 0 Å². The number of nitrogens with zero attached hydrogens (tertiary/aromatic N) is 2. The van der Waals surface area contributed by atoms with Crippen LogP contribution in [0.25, 0.3) is 0 Å². The molecule has 1 heterocycles. The van der Waals surface area contributed by atoms with E-state index >= 15 is 0 Å². The number of ether oxygens (including phenoxy) is 1. The summed E-state index contributed by atoms with van der Waals surface area (Å²) in [6.07, 6.45) is 1.98. The number of benzene rings is 1.